The molecule has 0 aromatic rings. The van der Waals surface area contributed by atoms with Crippen molar-refractivity contribution in [3.8, 4) is 0 Å². The summed E-state index contributed by atoms with van der Waals surface area (Å²) in [5, 5.41) is 0. The van der Waals surface area contributed by atoms with E-state index in [1.807, 2.05) is 0 Å². The molecule has 9 heavy (non-hydrogen) atoms. The Morgan fingerprint density at radius 2 is 1.00 bits per heavy atom. The minimum Gasteiger partial charge on any atom is -1.00 e. The van der Waals surface area contributed by atoms with E-state index in [9.17, 15) is 0 Å². The third-order valence-corrected chi connectivity index (χ3v) is 0. The molecule has 0 aromatic heterocycles. The van der Waals surface area contributed by atoms with E-state index in [4.69, 9.17) is 16.0 Å². The van der Waals surface area contributed by atoms with Gasteiger partial charge in [0.15, 0.2) is 0 Å². The Hall–Kier alpha value is 4.37. The first kappa shape index (κ1) is 29.2. The minimum atomic E-state index is -5.12. The predicted octanol–water partition coefficient (Wildman–Crippen LogP) is -2.53. The van der Waals surface area contributed by atoms with Crippen molar-refractivity contribution in [2.75, 3.05) is 0 Å². The Kier molecular flexibility index (Phi) is 48.2. The van der Waals surface area contributed by atoms with Gasteiger partial charge < -0.3 is 8.56 Å². The summed E-state index contributed by atoms with van der Waals surface area (Å²) in [5.41, 5.74) is 0. The molecule has 0 atom stereocenters. The Labute approximate surface area is 162 Å². The summed E-state index contributed by atoms with van der Waals surface area (Å²) in [6.45, 7) is 0. The molecule has 3 N–H and O–H groups in total. The molecule has 0 rings (SSSR count). The van der Waals surface area contributed by atoms with Gasteiger partial charge in [0.25, 0.3) is 0 Å². The molecule has 52 valence electrons. The molecular weight excluding hydrogens is 291 g/mol. The number of rotatable bonds is 0. The fraction of sp³-hybridized carbons (Fsp3) is 0. The molecule has 9 heteroatoms. The van der Waals surface area contributed by atoms with E-state index in [2.05, 4.69) is 0 Å². The van der Waals surface area contributed by atoms with E-state index >= 15 is 0 Å². The topological polar surface area (TPSA) is 77.8 Å². The zero-order valence-corrected chi connectivity index (χ0v) is 14.3. The van der Waals surface area contributed by atoms with Crippen LogP contribution < -0.4 is 0 Å². The molecule has 0 aromatic carbocycles. The maximum absolute atomic E-state index is 8.94. The molecule has 4 nitrogen and oxygen atoms in total. The molecule has 0 aliphatic heterocycles. The molecule has 0 unspecified atom stereocenters. The van der Waals surface area contributed by atoms with Crippen LogP contribution in [0.1, 0.15) is 8.56 Å². The van der Waals surface area contributed by atoms with E-state index < -0.39 is 14.5 Å². The fourth-order valence-electron chi connectivity index (χ4n) is 0. The van der Waals surface area contributed by atoms with Crippen molar-refractivity contribution in [1.82, 2.24) is 0 Å². The Morgan fingerprint density at radius 3 is 1.00 bits per heavy atom. The summed E-state index contributed by atoms with van der Waals surface area (Å²) < 4.78 is 30.7. The molecular formula is H11AsCa3O4S. The van der Waals surface area contributed by atoms with Crippen molar-refractivity contribution in [3.05, 3.63) is 0 Å². The van der Waals surface area contributed by atoms with Gasteiger partial charge in [-0.15, -0.1) is 0 Å². The predicted molar refractivity (Wildman–Crippen MR) is 47.4 cm³/mol. The van der Waals surface area contributed by atoms with Gasteiger partial charge in [-0.25, -0.2) is 0 Å². The molecule has 0 saturated carbocycles. The van der Waals surface area contributed by atoms with Crippen LogP contribution in [0.4, 0.5) is 0 Å². The van der Waals surface area contributed by atoms with Gasteiger partial charge in [0.2, 0.25) is 0 Å². The zero-order valence-electron chi connectivity index (χ0n) is 10.8. The van der Waals surface area contributed by atoms with Crippen molar-refractivity contribution >= 4 is 141 Å². The molecule has 0 aliphatic carbocycles. The van der Waals surface area contributed by atoms with Gasteiger partial charge in [-0.3, -0.25) is 0 Å². The maximum atomic E-state index is 8.94. The van der Waals surface area contributed by atoms with Gasteiger partial charge in [-0.1, -0.05) is 0 Å². The standard InChI is InChI=1S/AsH3O4.3Ca.H2S.6H/c2-1(3,4)5;;;;;;;;;;/h(H3,2,3,4,5);;;;1H2;;;;;;/q;3*+2;;6*-1. The van der Waals surface area contributed by atoms with E-state index in [1.165, 1.54) is 0 Å². The molecule has 0 amide bonds. The minimum absolute atomic E-state index is 0. The number of hydrogen-bond donors (Lipinski definition) is 3. The first-order valence-electron chi connectivity index (χ1n) is 0.783. The summed E-state index contributed by atoms with van der Waals surface area (Å²) in [6, 6.07) is 0. The second kappa shape index (κ2) is 14.9. The average molecular weight is 302 g/mol. The van der Waals surface area contributed by atoms with E-state index in [-0.39, 0.29) is 135 Å². The van der Waals surface area contributed by atoms with Crippen molar-refractivity contribution in [1.29, 1.82) is 0 Å². The van der Waals surface area contributed by atoms with Crippen LogP contribution in [0.2, 0.25) is 0 Å². The van der Waals surface area contributed by atoms with Gasteiger partial charge in [-0.2, -0.15) is 13.5 Å². The Bertz CT molecular complexity index is 76.5. The molecule has 0 heterocycles. The van der Waals surface area contributed by atoms with Crippen LogP contribution in [0.25, 0.3) is 0 Å². The first-order valence-corrected chi connectivity index (χ1v) is 4.07. The smallest absolute Gasteiger partial charge is 1.00 e. The SMILES string of the molecule is O=[As](O)(O)O.S.[Ca+2].[Ca+2].[Ca+2].[H-].[H-].[H-].[H-].[H-].[H-]. The van der Waals surface area contributed by atoms with Crippen molar-refractivity contribution < 1.29 is 24.6 Å². The largest absolute Gasteiger partial charge is 2.00 e. The fourth-order valence-corrected chi connectivity index (χ4v) is 0. The summed E-state index contributed by atoms with van der Waals surface area (Å²) >= 11 is -5.12. The first-order chi connectivity index (χ1) is 2.00. The van der Waals surface area contributed by atoms with Gasteiger partial charge in [0.1, 0.15) is 0 Å². The summed E-state index contributed by atoms with van der Waals surface area (Å²) in [7, 11) is 0. The van der Waals surface area contributed by atoms with Crippen molar-refractivity contribution in [2.45, 2.75) is 0 Å². The summed E-state index contributed by atoms with van der Waals surface area (Å²) in [5.74, 6) is 0. The maximum Gasteiger partial charge on any atom is 2.00 e. The van der Waals surface area contributed by atoms with Crippen LogP contribution in [0.3, 0.4) is 0 Å². The second-order valence-electron chi connectivity index (χ2n) is 0.513. The van der Waals surface area contributed by atoms with E-state index in [0.717, 1.165) is 0 Å². The molecule has 0 bridgehead atoms. The van der Waals surface area contributed by atoms with Crippen LogP contribution in [-0.4, -0.2) is 140 Å². The van der Waals surface area contributed by atoms with Crippen LogP contribution in [0.15, 0.2) is 0 Å². The number of hydrogen-bond acceptors (Lipinski definition) is 1. The second-order valence-corrected chi connectivity index (χ2v) is 2.67. The summed E-state index contributed by atoms with van der Waals surface area (Å²) in [4.78, 5) is 0. The van der Waals surface area contributed by atoms with Crippen LogP contribution in [-0.2, 0) is 3.74 Å². The molecule has 0 radical (unpaired) electrons. The summed E-state index contributed by atoms with van der Waals surface area (Å²) in [6.07, 6.45) is 0. The van der Waals surface area contributed by atoms with E-state index in [0.29, 0.717) is 0 Å². The molecule has 0 aliphatic rings. The van der Waals surface area contributed by atoms with Crippen LogP contribution >= 0.6 is 13.5 Å². The zero-order chi connectivity index (χ0) is 4.50. The Balaban J connectivity index is -0.00000000178. The molecule has 0 saturated heterocycles. The van der Waals surface area contributed by atoms with Crippen LogP contribution in [0, 0.1) is 0 Å². The third kappa shape index (κ3) is 69.7. The third-order valence-electron chi connectivity index (χ3n) is 0. The van der Waals surface area contributed by atoms with Gasteiger partial charge >= 0.3 is 144 Å². The molecule has 0 spiro atoms. The van der Waals surface area contributed by atoms with Crippen molar-refractivity contribution in [2.24, 2.45) is 0 Å². The average Bonchev–Trinajstić information content (AvgIpc) is 0.722. The quantitative estimate of drug-likeness (QED) is 0.432. The van der Waals surface area contributed by atoms with Gasteiger partial charge in [0, 0.05) is 0 Å². The normalized spacial score (nSPS) is 6.56. The van der Waals surface area contributed by atoms with Crippen LogP contribution in [0.5, 0.6) is 0 Å². The van der Waals surface area contributed by atoms with E-state index in [1.54, 1.807) is 0 Å². The van der Waals surface area contributed by atoms with Gasteiger partial charge in [-0.05, 0) is 0 Å². The van der Waals surface area contributed by atoms with Crippen molar-refractivity contribution in [3.63, 3.8) is 0 Å². The monoisotopic (exact) mass is 302 g/mol. The molecule has 0 fully saturated rings. The van der Waals surface area contributed by atoms with Gasteiger partial charge in [0.05, 0.1) is 0 Å². The Morgan fingerprint density at radius 1 is 1.00 bits per heavy atom.